The first-order valence-electron chi connectivity index (χ1n) is 8.02. The number of likely N-dealkylation sites (tertiary alicyclic amines) is 1. The fourth-order valence-electron chi connectivity index (χ4n) is 2.75. The number of nitrogens with two attached hydrogens (primary N) is 1. The molecule has 1 aliphatic rings. The van der Waals surface area contributed by atoms with Crippen LogP contribution in [0.15, 0.2) is 6.07 Å². The minimum atomic E-state index is 0.599. The SMILES string of the molecule is CCCc1nc(NN)cc(NCC(C)CN2CCCC2)n1. The molecule has 2 rings (SSSR count). The maximum absolute atomic E-state index is 5.47. The van der Waals surface area contributed by atoms with Gasteiger partial charge in [-0.3, -0.25) is 0 Å². The predicted molar refractivity (Wildman–Crippen MR) is 87.2 cm³/mol. The van der Waals surface area contributed by atoms with Crippen LogP contribution in [0.5, 0.6) is 0 Å². The van der Waals surface area contributed by atoms with Gasteiger partial charge in [-0.25, -0.2) is 15.8 Å². The molecule has 6 heteroatoms. The van der Waals surface area contributed by atoms with Gasteiger partial charge in [0.25, 0.3) is 0 Å². The highest BCUT2D eigenvalue weighted by molar-refractivity contribution is 5.46. The molecule has 1 aliphatic heterocycles. The second-order valence-corrected chi connectivity index (χ2v) is 5.94. The van der Waals surface area contributed by atoms with Crippen LogP contribution in [-0.2, 0) is 6.42 Å². The summed E-state index contributed by atoms with van der Waals surface area (Å²) >= 11 is 0. The van der Waals surface area contributed by atoms with E-state index in [1.807, 2.05) is 6.07 Å². The number of hydrazine groups is 1. The first kappa shape index (κ1) is 16.0. The summed E-state index contributed by atoms with van der Waals surface area (Å²) in [6.45, 7) is 8.98. The van der Waals surface area contributed by atoms with Gasteiger partial charge in [0, 0.05) is 25.6 Å². The van der Waals surface area contributed by atoms with E-state index >= 15 is 0 Å². The lowest BCUT2D eigenvalue weighted by Gasteiger charge is -2.20. The Bertz CT molecular complexity index is 430. The third kappa shape index (κ3) is 5.13. The molecule has 2 heterocycles. The molecule has 0 aliphatic carbocycles. The molecule has 1 atom stereocenters. The zero-order chi connectivity index (χ0) is 15.1. The number of rotatable bonds is 8. The number of nitrogens with one attached hydrogen (secondary N) is 2. The van der Waals surface area contributed by atoms with Crippen LogP contribution < -0.4 is 16.6 Å². The molecule has 1 aromatic rings. The van der Waals surface area contributed by atoms with Crippen molar-refractivity contribution in [3.63, 3.8) is 0 Å². The van der Waals surface area contributed by atoms with Crippen molar-refractivity contribution in [1.82, 2.24) is 14.9 Å². The maximum Gasteiger partial charge on any atom is 0.145 e. The summed E-state index contributed by atoms with van der Waals surface area (Å²) < 4.78 is 0. The van der Waals surface area contributed by atoms with Crippen LogP contribution in [0.3, 0.4) is 0 Å². The van der Waals surface area contributed by atoms with Gasteiger partial charge in [-0.05, 0) is 38.3 Å². The van der Waals surface area contributed by atoms with Crippen molar-refractivity contribution >= 4 is 11.6 Å². The van der Waals surface area contributed by atoms with Gasteiger partial charge in [0.1, 0.15) is 17.5 Å². The number of aromatic nitrogens is 2. The van der Waals surface area contributed by atoms with Crippen LogP contribution in [0.25, 0.3) is 0 Å². The van der Waals surface area contributed by atoms with Gasteiger partial charge in [0.15, 0.2) is 0 Å². The van der Waals surface area contributed by atoms with E-state index in [0.717, 1.165) is 37.6 Å². The zero-order valence-electron chi connectivity index (χ0n) is 13.2. The van der Waals surface area contributed by atoms with Crippen LogP contribution in [0.2, 0.25) is 0 Å². The Morgan fingerprint density at radius 3 is 2.67 bits per heavy atom. The third-order valence-electron chi connectivity index (χ3n) is 3.79. The number of anilines is 2. The van der Waals surface area contributed by atoms with Crippen molar-refractivity contribution in [2.75, 3.05) is 36.9 Å². The number of hydrogen-bond donors (Lipinski definition) is 3. The van der Waals surface area contributed by atoms with Crippen LogP contribution >= 0.6 is 0 Å². The molecule has 1 unspecified atom stereocenters. The molecule has 118 valence electrons. The molecule has 0 bridgehead atoms. The van der Waals surface area contributed by atoms with Crippen molar-refractivity contribution < 1.29 is 0 Å². The molecule has 0 radical (unpaired) electrons. The second kappa shape index (κ2) is 8.14. The van der Waals surface area contributed by atoms with E-state index in [0.29, 0.717) is 11.7 Å². The van der Waals surface area contributed by atoms with E-state index in [4.69, 9.17) is 5.84 Å². The van der Waals surface area contributed by atoms with Crippen molar-refractivity contribution in [3.05, 3.63) is 11.9 Å². The molecular formula is C15H28N6. The van der Waals surface area contributed by atoms with E-state index in [2.05, 4.69) is 39.5 Å². The highest BCUT2D eigenvalue weighted by atomic mass is 15.3. The van der Waals surface area contributed by atoms with E-state index in [-0.39, 0.29) is 0 Å². The first-order chi connectivity index (χ1) is 10.2. The van der Waals surface area contributed by atoms with Gasteiger partial charge >= 0.3 is 0 Å². The smallest absolute Gasteiger partial charge is 0.145 e. The second-order valence-electron chi connectivity index (χ2n) is 5.94. The molecule has 0 amide bonds. The fourth-order valence-corrected chi connectivity index (χ4v) is 2.75. The summed E-state index contributed by atoms with van der Waals surface area (Å²) in [5.41, 5.74) is 2.61. The van der Waals surface area contributed by atoms with Crippen molar-refractivity contribution in [2.45, 2.75) is 39.5 Å². The zero-order valence-corrected chi connectivity index (χ0v) is 13.2. The number of hydrogen-bond acceptors (Lipinski definition) is 6. The lowest BCUT2D eigenvalue weighted by atomic mass is 10.1. The molecular weight excluding hydrogens is 264 g/mol. The van der Waals surface area contributed by atoms with Gasteiger partial charge < -0.3 is 15.6 Å². The molecule has 6 nitrogen and oxygen atoms in total. The molecule has 0 saturated carbocycles. The Hall–Kier alpha value is -1.40. The molecule has 21 heavy (non-hydrogen) atoms. The minimum Gasteiger partial charge on any atom is -0.370 e. The lowest BCUT2D eigenvalue weighted by Crippen LogP contribution is -2.29. The quantitative estimate of drug-likeness (QED) is 0.501. The molecule has 1 aromatic heterocycles. The largest absolute Gasteiger partial charge is 0.370 e. The maximum atomic E-state index is 5.47. The summed E-state index contributed by atoms with van der Waals surface area (Å²) in [5.74, 6) is 8.43. The van der Waals surface area contributed by atoms with Crippen LogP contribution in [0.4, 0.5) is 11.6 Å². The normalized spacial score (nSPS) is 16.9. The number of nitrogens with zero attached hydrogens (tertiary/aromatic N) is 3. The van der Waals surface area contributed by atoms with Crippen molar-refractivity contribution in [1.29, 1.82) is 0 Å². The Morgan fingerprint density at radius 1 is 1.29 bits per heavy atom. The van der Waals surface area contributed by atoms with Gasteiger partial charge in [-0.15, -0.1) is 0 Å². The van der Waals surface area contributed by atoms with Gasteiger partial charge in [-0.1, -0.05) is 13.8 Å². The molecule has 0 aromatic carbocycles. The Balaban J connectivity index is 1.87. The summed E-state index contributed by atoms with van der Waals surface area (Å²) in [4.78, 5) is 11.4. The van der Waals surface area contributed by atoms with E-state index < -0.39 is 0 Å². The average Bonchev–Trinajstić information content (AvgIpc) is 2.98. The summed E-state index contributed by atoms with van der Waals surface area (Å²) in [7, 11) is 0. The fraction of sp³-hybridized carbons (Fsp3) is 0.733. The Kier molecular flexibility index (Phi) is 6.20. The summed E-state index contributed by atoms with van der Waals surface area (Å²) in [6, 6.07) is 1.86. The van der Waals surface area contributed by atoms with Crippen molar-refractivity contribution in [3.8, 4) is 0 Å². The number of aryl methyl sites for hydroxylation is 1. The summed E-state index contributed by atoms with van der Waals surface area (Å²) in [5, 5.41) is 3.42. The number of nitrogen functional groups attached to an aromatic ring is 1. The highest BCUT2D eigenvalue weighted by Crippen LogP contribution is 2.14. The molecule has 4 N–H and O–H groups in total. The van der Waals surface area contributed by atoms with E-state index in [9.17, 15) is 0 Å². The third-order valence-corrected chi connectivity index (χ3v) is 3.79. The predicted octanol–water partition coefficient (Wildman–Crippen LogP) is 1.86. The summed E-state index contributed by atoms with van der Waals surface area (Å²) in [6.07, 6.45) is 4.59. The monoisotopic (exact) mass is 292 g/mol. The van der Waals surface area contributed by atoms with Crippen molar-refractivity contribution in [2.24, 2.45) is 11.8 Å². The molecule has 1 fully saturated rings. The average molecular weight is 292 g/mol. The van der Waals surface area contributed by atoms with E-state index in [1.165, 1.54) is 25.9 Å². The van der Waals surface area contributed by atoms with Crippen LogP contribution in [0, 0.1) is 5.92 Å². The Morgan fingerprint density at radius 2 is 2.00 bits per heavy atom. The highest BCUT2D eigenvalue weighted by Gasteiger charge is 2.14. The topological polar surface area (TPSA) is 79.1 Å². The van der Waals surface area contributed by atoms with Crippen LogP contribution in [-0.4, -0.2) is 41.0 Å². The van der Waals surface area contributed by atoms with Gasteiger partial charge in [0.05, 0.1) is 0 Å². The molecule has 0 spiro atoms. The Labute approximate surface area is 127 Å². The van der Waals surface area contributed by atoms with E-state index in [1.54, 1.807) is 0 Å². The van der Waals surface area contributed by atoms with Crippen LogP contribution in [0.1, 0.15) is 38.9 Å². The first-order valence-corrected chi connectivity index (χ1v) is 8.02. The van der Waals surface area contributed by atoms with Gasteiger partial charge in [0.2, 0.25) is 0 Å². The minimum absolute atomic E-state index is 0.599. The van der Waals surface area contributed by atoms with Gasteiger partial charge in [-0.2, -0.15) is 0 Å². The lowest BCUT2D eigenvalue weighted by molar-refractivity contribution is 0.294. The molecule has 1 saturated heterocycles. The standard InChI is InChI=1S/C15H28N6/c1-3-6-13-18-14(9-15(19-13)20-16)17-10-12(2)11-21-7-4-5-8-21/h9,12H,3-8,10-11,16H2,1-2H3,(H2,17,18,19,20).